The Bertz CT molecular complexity index is 723. The molecule has 2 rings (SSSR count). The molecule has 0 unspecified atom stereocenters. The van der Waals surface area contributed by atoms with Gasteiger partial charge in [0.15, 0.2) is 5.78 Å². The van der Waals surface area contributed by atoms with Crippen LogP contribution in [-0.2, 0) is 0 Å². The molecular weight excluding hydrogens is 278 g/mol. The Morgan fingerprint density at radius 2 is 1.73 bits per heavy atom. The standard InChI is InChI=1S/C16H21N5O/c1-10-9-11(2)18-16(17-10)21-13(4)15(12(3)19-21)14(22)7-8-20(5)6/h7-9H,1-6H3/b8-7+. The van der Waals surface area contributed by atoms with Gasteiger partial charge in [-0.1, -0.05) is 0 Å². The van der Waals surface area contributed by atoms with Crippen LogP contribution in [0.5, 0.6) is 0 Å². The smallest absolute Gasteiger partial charge is 0.251 e. The van der Waals surface area contributed by atoms with E-state index in [0.29, 0.717) is 17.2 Å². The Balaban J connectivity index is 2.49. The molecule has 116 valence electrons. The van der Waals surface area contributed by atoms with E-state index < -0.39 is 0 Å². The lowest BCUT2D eigenvalue weighted by Crippen LogP contribution is -2.08. The van der Waals surface area contributed by atoms with Crippen molar-refractivity contribution in [3.8, 4) is 5.95 Å². The van der Waals surface area contributed by atoms with Crippen LogP contribution >= 0.6 is 0 Å². The van der Waals surface area contributed by atoms with Crippen LogP contribution in [0.1, 0.15) is 33.1 Å². The Labute approximate surface area is 130 Å². The second kappa shape index (κ2) is 6.09. The molecule has 0 aliphatic carbocycles. The summed E-state index contributed by atoms with van der Waals surface area (Å²) >= 11 is 0. The SMILES string of the molecule is Cc1cc(C)nc(-n2nc(C)c(C(=O)/C=C/N(C)C)c2C)n1. The van der Waals surface area contributed by atoms with E-state index in [1.165, 1.54) is 0 Å². The number of hydrogen-bond donors (Lipinski definition) is 0. The van der Waals surface area contributed by atoms with Gasteiger partial charge < -0.3 is 4.90 Å². The summed E-state index contributed by atoms with van der Waals surface area (Å²) in [4.78, 5) is 23.0. The number of rotatable bonds is 4. The zero-order valence-electron chi connectivity index (χ0n) is 13.9. The maximum atomic E-state index is 12.4. The van der Waals surface area contributed by atoms with E-state index in [1.54, 1.807) is 17.0 Å². The third-order valence-corrected chi connectivity index (χ3v) is 3.22. The molecule has 2 aromatic heterocycles. The second-order valence-corrected chi connectivity index (χ2v) is 5.55. The first-order chi connectivity index (χ1) is 10.3. The highest BCUT2D eigenvalue weighted by Gasteiger charge is 2.19. The highest BCUT2D eigenvalue weighted by molar-refractivity contribution is 6.06. The predicted molar refractivity (Wildman–Crippen MR) is 85.3 cm³/mol. The number of aromatic nitrogens is 4. The third kappa shape index (κ3) is 3.21. The molecule has 0 saturated heterocycles. The predicted octanol–water partition coefficient (Wildman–Crippen LogP) is 2.15. The average molecular weight is 299 g/mol. The van der Waals surface area contributed by atoms with Gasteiger partial charge in [0.2, 0.25) is 0 Å². The van der Waals surface area contributed by atoms with Gasteiger partial charge in [-0.05, 0) is 33.8 Å². The van der Waals surface area contributed by atoms with E-state index in [0.717, 1.165) is 17.1 Å². The summed E-state index contributed by atoms with van der Waals surface area (Å²) < 4.78 is 1.63. The van der Waals surface area contributed by atoms with Crippen LogP contribution < -0.4 is 0 Å². The minimum absolute atomic E-state index is 0.0701. The summed E-state index contributed by atoms with van der Waals surface area (Å²) in [5, 5.41) is 4.43. The number of ketones is 1. The largest absolute Gasteiger partial charge is 0.383 e. The Morgan fingerprint density at radius 1 is 1.14 bits per heavy atom. The van der Waals surface area contributed by atoms with Gasteiger partial charge >= 0.3 is 0 Å². The number of aryl methyl sites for hydroxylation is 3. The van der Waals surface area contributed by atoms with Crippen molar-refractivity contribution in [3.05, 3.63) is 46.7 Å². The van der Waals surface area contributed by atoms with Crippen LogP contribution in [0.25, 0.3) is 5.95 Å². The lowest BCUT2D eigenvalue weighted by Gasteiger charge is -2.05. The summed E-state index contributed by atoms with van der Waals surface area (Å²) in [6, 6.07) is 1.90. The molecule has 6 heteroatoms. The van der Waals surface area contributed by atoms with Gasteiger partial charge in [0.05, 0.1) is 17.0 Å². The first-order valence-electron chi connectivity index (χ1n) is 7.07. The molecule has 0 aliphatic heterocycles. The van der Waals surface area contributed by atoms with Crippen molar-refractivity contribution in [2.45, 2.75) is 27.7 Å². The van der Waals surface area contributed by atoms with Crippen molar-refractivity contribution < 1.29 is 4.79 Å². The fraction of sp³-hybridized carbons (Fsp3) is 0.375. The van der Waals surface area contributed by atoms with Crippen molar-refractivity contribution in [3.63, 3.8) is 0 Å². The lowest BCUT2D eigenvalue weighted by atomic mass is 10.1. The maximum absolute atomic E-state index is 12.4. The van der Waals surface area contributed by atoms with Gasteiger partial charge in [-0.2, -0.15) is 5.10 Å². The van der Waals surface area contributed by atoms with Crippen LogP contribution in [0.3, 0.4) is 0 Å². The zero-order chi connectivity index (χ0) is 16.4. The van der Waals surface area contributed by atoms with Crippen LogP contribution in [0, 0.1) is 27.7 Å². The molecule has 2 aromatic rings. The molecule has 2 heterocycles. The number of carbonyl (C=O) groups excluding carboxylic acids is 1. The van der Waals surface area contributed by atoms with Crippen molar-refractivity contribution in [2.24, 2.45) is 0 Å². The summed E-state index contributed by atoms with van der Waals surface area (Å²) in [7, 11) is 3.74. The van der Waals surface area contributed by atoms with Gasteiger partial charge in [-0.25, -0.2) is 14.6 Å². The Kier molecular flexibility index (Phi) is 4.40. The molecule has 0 radical (unpaired) electrons. The molecule has 0 bridgehead atoms. The average Bonchev–Trinajstić information content (AvgIpc) is 2.70. The molecule has 0 fully saturated rings. The highest BCUT2D eigenvalue weighted by Crippen LogP contribution is 2.17. The summed E-state index contributed by atoms with van der Waals surface area (Å²) in [6.07, 6.45) is 3.27. The van der Waals surface area contributed by atoms with Crippen LogP contribution in [0.2, 0.25) is 0 Å². The fourth-order valence-corrected chi connectivity index (χ4v) is 2.30. The maximum Gasteiger partial charge on any atom is 0.251 e. The number of hydrogen-bond acceptors (Lipinski definition) is 5. The van der Waals surface area contributed by atoms with Crippen molar-refractivity contribution in [1.29, 1.82) is 0 Å². The van der Waals surface area contributed by atoms with Gasteiger partial charge in [0.1, 0.15) is 0 Å². The third-order valence-electron chi connectivity index (χ3n) is 3.22. The monoisotopic (exact) mass is 299 g/mol. The molecule has 0 amide bonds. The Hall–Kier alpha value is -2.50. The fourth-order valence-electron chi connectivity index (χ4n) is 2.30. The van der Waals surface area contributed by atoms with Crippen LogP contribution in [0.4, 0.5) is 0 Å². The molecule has 0 aromatic carbocycles. The van der Waals surface area contributed by atoms with Crippen LogP contribution in [0.15, 0.2) is 18.3 Å². The van der Waals surface area contributed by atoms with E-state index in [4.69, 9.17) is 0 Å². The summed E-state index contributed by atoms with van der Waals surface area (Å²) in [5.41, 5.74) is 3.76. The molecule has 0 aliphatic rings. The minimum Gasteiger partial charge on any atom is -0.383 e. The normalized spacial score (nSPS) is 11.2. The quantitative estimate of drug-likeness (QED) is 0.639. The van der Waals surface area contributed by atoms with E-state index in [1.807, 2.05) is 52.8 Å². The van der Waals surface area contributed by atoms with E-state index in [9.17, 15) is 4.79 Å². The minimum atomic E-state index is -0.0701. The topological polar surface area (TPSA) is 63.9 Å². The van der Waals surface area contributed by atoms with Crippen LogP contribution in [-0.4, -0.2) is 44.5 Å². The van der Waals surface area contributed by atoms with E-state index in [2.05, 4.69) is 15.1 Å². The van der Waals surface area contributed by atoms with Crippen molar-refractivity contribution >= 4 is 5.78 Å². The summed E-state index contributed by atoms with van der Waals surface area (Å²) in [6.45, 7) is 7.51. The second-order valence-electron chi connectivity index (χ2n) is 5.55. The number of nitrogens with zero attached hydrogens (tertiary/aromatic N) is 5. The van der Waals surface area contributed by atoms with Gasteiger partial charge in [0.25, 0.3) is 5.95 Å². The molecule has 0 spiro atoms. The number of carbonyl (C=O) groups is 1. The first kappa shape index (κ1) is 15.9. The van der Waals surface area contributed by atoms with Crippen molar-refractivity contribution in [1.82, 2.24) is 24.6 Å². The molecule has 0 saturated carbocycles. The van der Waals surface area contributed by atoms with Crippen molar-refractivity contribution in [2.75, 3.05) is 14.1 Å². The van der Waals surface area contributed by atoms with Gasteiger partial charge in [-0.3, -0.25) is 4.79 Å². The molecule has 22 heavy (non-hydrogen) atoms. The number of allylic oxidation sites excluding steroid dienone is 1. The lowest BCUT2D eigenvalue weighted by molar-refractivity contribution is 0.104. The molecular formula is C16H21N5O. The van der Waals surface area contributed by atoms with Gasteiger partial charge in [0, 0.05) is 37.8 Å². The van der Waals surface area contributed by atoms with E-state index in [-0.39, 0.29) is 5.78 Å². The summed E-state index contributed by atoms with van der Waals surface area (Å²) in [5.74, 6) is 0.424. The highest BCUT2D eigenvalue weighted by atomic mass is 16.1. The Morgan fingerprint density at radius 3 is 2.27 bits per heavy atom. The molecule has 6 nitrogen and oxygen atoms in total. The first-order valence-corrected chi connectivity index (χ1v) is 7.07. The molecule has 0 atom stereocenters. The van der Waals surface area contributed by atoms with E-state index >= 15 is 0 Å². The van der Waals surface area contributed by atoms with Gasteiger partial charge in [-0.15, -0.1) is 0 Å². The zero-order valence-corrected chi connectivity index (χ0v) is 13.9. The molecule has 0 N–H and O–H groups in total.